The average Bonchev–Trinajstić information content (AvgIpc) is 2.77. The molecule has 3 aromatic rings. The Bertz CT molecular complexity index is 832. The van der Waals surface area contributed by atoms with E-state index in [0.29, 0.717) is 5.71 Å². The molecule has 3 aromatic carbocycles. The molecular weight excluding hydrogens is 350 g/mol. The van der Waals surface area contributed by atoms with E-state index in [9.17, 15) is 4.79 Å². The van der Waals surface area contributed by atoms with Gasteiger partial charge in [-0.1, -0.05) is 115 Å². The van der Waals surface area contributed by atoms with Gasteiger partial charge in [0.25, 0.3) is 0 Å². The molecule has 0 aromatic heterocycles. The second-order valence-corrected chi connectivity index (χ2v) is 5.34. The number of hydrogen-bond acceptors (Lipinski definition) is 3. The molecule has 0 unspecified atom stereocenters. The molecule has 0 saturated carbocycles. The molecule has 0 spiro atoms. The number of hydrogen-bond donors (Lipinski definition) is 2. The lowest BCUT2D eigenvalue weighted by Gasteiger charge is -2.03. The van der Waals surface area contributed by atoms with Gasteiger partial charge in [-0.2, -0.15) is 0 Å². The minimum absolute atomic E-state index is 0.594. The molecule has 28 heavy (non-hydrogen) atoms. The molecule has 142 valence electrons. The zero-order chi connectivity index (χ0) is 20.6. The van der Waals surface area contributed by atoms with E-state index in [0.717, 1.165) is 17.2 Å². The molecule has 0 saturated heterocycles. The molecule has 0 fully saturated rings. The number of rotatable bonds is 4. The number of benzene rings is 3. The van der Waals surface area contributed by atoms with Crippen molar-refractivity contribution in [1.29, 1.82) is 0 Å². The standard InChI is InChI=1S/C13H11NO.C8H8.C3H4O2/c15-14-13(11-7-3-1-4-8-11)12-9-5-2-6-10-12;1-2-8-6-4-3-5-7-8;1-2-3(4)5/h1-10,15H;2-7H,1H2;2H,1H2,(H,4,5). The first-order valence-corrected chi connectivity index (χ1v) is 8.48. The van der Waals surface area contributed by atoms with Gasteiger partial charge >= 0.3 is 5.97 Å². The second-order valence-electron chi connectivity index (χ2n) is 5.34. The molecule has 0 atom stereocenters. The minimum atomic E-state index is -0.981. The molecule has 0 amide bonds. The highest BCUT2D eigenvalue weighted by Gasteiger charge is 2.05. The van der Waals surface area contributed by atoms with Gasteiger partial charge in [0, 0.05) is 17.2 Å². The third kappa shape index (κ3) is 8.45. The van der Waals surface area contributed by atoms with Crippen molar-refractivity contribution in [2.75, 3.05) is 0 Å². The number of carboxylic acid groups (broad SMARTS) is 1. The number of aliphatic carboxylic acids is 1. The molecule has 0 aliphatic carbocycles. The highest BCUT2D eigenvalue weighted by molar-refractivity contribution is 6.12. The second kappa shape index (κ2) is 13.3. The van der Waals surface area contributed by atoms with Gasteiger partial charge in [-0.15, -0.1) is 0 Å². The van der Waals surface area contributed by atoms with Crippen LogP contribution in [0.25, 0.3) is 6.08 Å². The molecule has 0 radical (unpaired) electrons. The maximum Gasteiger partial charge on any atom is 0.327 e. The molecule has 0 heterocycles. The van der Waals surface area contributed by atoms with Gasteiger partial charge in [-0.3, -0.25) is 0 Å². The van der Waals surface area contributed by atoms with Gasteiger partial charge in [0.15, 0.2) is 0 Å². The SMILES string of the molecule is C=CC(=O)O.C=Cc1ccccc1.ON=C(c1ccccc1)c1ccccc1. The fourth-order valence-electron chi connectivity index (χ4n) is 2.06. The number of nitrogens with zero attached hydrogens (tertiary/aromatic N) is 1. The number of carboxylic acids is 1. The van der Waals surface area contributed by atoms with E-state index in [1.165, 1.54) is 5.56 Å². The lowest BCUT2D eigenvalue weighted by atomic mass is 10.0. The van der Waals surface area contributed by atoms with E-state index < -0.39 is 5.97 Å². The van der Waals surface area contributed by atoms with Gasteiger partial charge in [0.05, 0.1) is 0 Å². The monoisotopic (exact) mass is 373 g/mol. The summed E-state index contributed by atoms with van der Waals surface area (Å²) in [5, 5.41) is 20.0. The molecule has 4 heteroatoms. The first-order chi connectivity index (χ1) is 13.6. The Hall–Kier alpha value is -3.92. The lowest BCUT2D eigenvalue weighted by molar-refractivity contribution is -0.131. The van der Waals surface area contributed by atoms with Crippen LogP contribution in [0.3, 0.4) is 0 Å². The van der Waals surface area contributed by atoms with Crippen LogP contribution in [0, 0.1) is 0 Å². The van der Waals surface area contributed by atoms with Crippen molar-refractivity contribution in [1.82, 2.24) is 0 Å². The maximum atomic E-state index is 9.25. The van der Waals surface area contributed by atoms with E-state index >= 15 is 0 Å². The van der Waals surface area contributed by atoms with Gasteiger partial charge in [-0.25, -0.2) is 4.79 Å². The van der Waals surface area contributed by atoms with Crippen LogP contribution in [0.1, 0.15) is 16.7 Å². The first-order valence-electron chi connectivity index (χ1n) is 8.48. The van der Waals surface area contributed by atoms with Crippen molar-refractivity contribution in [3.63, 3.8) is 0 Å². The summed E-state index contributed by atoms with van der Waals surface area (Å²) in [5.74, 6) is -0.981. The van der Waals surface area contributed by atoms with Crippen LogP contribution in [0.2, 0.25) is 0 Å². The van der Waals surface area contributed by atoms with Gasteiger partial charge in [-0.05, 0) is 5.56 Å². The van der Waals surface area contributed by atoms with Crippen LogP contribution >= 0.6 is 0 Å². The Morgan fingerprint density at radius 2 is 1.11 bits per heavy atom. The largest absolute Gasteiger partial charge is 0.478 e. The van der Waals surface area contributed by atoms with E-state index in [2.05, 4.69) is 18.3 Å². The molecular formula is C24H23NO3. The summed E-state index contributed by atoms with van der Waals surface area (Å²) in [6, 6.07) is 29.3. The summed E-state index contributed by atoms with van der Waals surface area (Å²) in [7, 11) is 0. The van der Waals surface area contributed by atoms with E-state index in [4.69, 9.17) is 10.3 Å². The summed E-state index contributed by atoms with van der Waals surface area (Å²) in [6.07, 6.45) is 2.67. The van der Waals surface area contributed by atoms with E-state index in [1.54, 1.807) is 0 Å². The Kier molecular flexibility index (Phi) is 10.5. The van der Waals surface area contributed by atoms with Gasteiger partial charge < -0.3 is 10.3 Å². The Balaban J connectivity index is 0.000000253. The number of carbonyl (C=O) groups is 1. The Morgan fingerprint density at radius 3 is 1.36 bits per heavy atom. The van der Waals surface area contributed by atoms with Crippen molar-refractivity contribution in [2.24, 2.45) is 5.16 Å². The molecule has 0 aliphatic heterocycles. The summed E-state index contributed by atoms with van der Waals surface area (Å²) in [6.45, 7) is 6.59. The quantitative estimate of drug-likeness (QED) is 0.275. The van der Waals surface area contributed by atoms with Crippen LogP contribution < -0.4 is 0 Å². The van der Waals surface area contributed by atoms with Gasteiger partial charge in [0.1, 0.15) is 5.71 Å². The fourth-order valence-corrected chi connectivity index (χ4v) is 2.06. The first kappa shape index (κ1) is 22.1. The van der Waals surface area contributed by atoms with Crippen molar-refractivity contribution < 1.29 is 15.1 Å². The Labute approximate surface area is 165 Å². The fraction of sp³-hybridized carbons (Fsp3) is 0. The normalized spacial score (nSPS) is 8.71. The van der Waals surface area contributed by atoms with Crippen molar-refractivity contribution in [3.8, 4) is 0 Å². The molecule has 0 aliphatic rings. The topological polar surface area (TPSA) is 69.9 Å². The van der Waals surface area contributed by atoms with Crippen LogP contribution in [-0.4, -0.2) is 22.0 Å². The highest BCUT2D eigenvalue weighted by atomic mass is 16.4. The zero-order valence-corrected chi connectivity index (χ0v) is 15.5. The predicted molar refractivity (Wildman–Crippen MR) is 115 cm³/mol. The summed E-state index contributed by atoms with van der Waals surface area (Å²) in [4.78, 5) is 9.25. The van der Waals surface area contributed by atoms with Crippen LogP contribution in [0.4, 0.5) is 0 Å². The summed E-state index contributed by atoms with van der Waals surface area (Å²) >= 11 is 0. The highest BCUT2D eigenvalue weighted by Crippen LogP contribution is 2.09. The maximum absolute atomic E-state index is 9.25. The molecule has 4 nitrogen and oxygen atoms in total. The zero-order valence-electron chi connectivity index (χ0n) is 15.5. The predicted octanol–water partition coefficient (Wildman–Crippen LogP) is 5.50. The third-order valence-electron chi connectivity index (χ3n) is 3.40. The lowest BCUT2D eigenvalue weighted by Crippen LogP contribution is -2.02. The summed E-state index contributed by atoms with van der Waals surface area (Å²) in [5.41, 5.74) is 3.58. The third-order valence-corrected chi connectivity index (χ3v) is 3.40. The van der Waals surface area contributed by atoms with E-state index in [-0.39, 0.29) is 0 Å². The number of oxime groups is 1. The van der Waals surface area contributed by atoms with Crippen molar-refractivity contribution in [3.05, 3.63) is 127 Å². The minimum Gasteiger partial charge on any atom is -0.478 e. The van der Waals surface area contributed by atoms with E-state index in [1.807, 2.05) is 97.1 Å². The molecule has 3 rings (SSSR count). The smallest absolute Gasteiger partial charge is 0.327 e. The van der Waals surface area contributed by atoms with Crippen LogP contribution in [-0.2, 0) is 4.79 Å². The Morgan fingerprint density at radius 1 is 0.750 bits per heavy atom. The van der Waals surface area contributed by atoms with Crippen molar-refractivity contribution in [2.45, 2.75) is 0 Å². The van der Waals surface area contributed by atoms with Gasteiger partial charge in [0.2, 0.25) is 0 Å². The molecule has 2 N–H and O–H groups in total. The average molecular weight is 373 g/mol. The summed E-state index contributed by atoms with van der Waals surface area (Å²) < 4.78 is 0. The van der Waals surface area contributed by atoms with Crippen LogP contribution in [0.5, 0.6) is 0 Å². The van der Waals surface area contributed by atoms with Crippen LogP contribution in [0.15, 0.2) is 115 Å². The van der Waals surface area contributed by atoms with Crippen molar-refractivity contribution >= 4 is 17.8 Å². The molecule has 0 bridgehead atoms.